The maximum absolute atomic E-state index is 11.7. The molecule has 0 heterocycles. The quantitative estimate of drug-likeness (QED) is 0.589. The van der Waals surface area contributed by atoms with Gasteiger partial charge >= 0.3 is 11.9 Å². The predicted molar refractivity (Wildman–Crippen MR) is 73.1 cm³/mol. The van der Waals surface area contributed by atoms with E-state index in [0.29, 0.717) is 0 Å². The van der Waals surface area contributed by atoms with E-state index >= 15 is 0 Å². The first kappa shape index (κ1) is 16.2. The van der Waals surface area contributed by atoms with Crippen molar-refractivity contribution >= 4 is 11.9 Å². The van der Waals surface area contributed by atoms with Crippen molar-refractivity contribution in [3.8, 4) is 0 Å². The van der Waals surface area contributed by atoms with E-state index in [9.17, 15) is 9.59 Å². The molecule has 1 aromatic rings. The van der Waals surface area contributed by atoms with Crippen molar-refractivity contribution in [2.75, 3.05) is 21.3 Å². The van der Waals surface area contributed by atoms with Gasteiger partial charge in [0.15, 0.2) is 5.92 Å². The summed E-state index contributed by atoms with van der Waals surface area (Å²) in [7, 11) is 4.03. The highest BCUT2D eigenvalue weighted by molar-refractivity contribution is 5.94. The number of carbonyl (C=O) groups excluding carboxylic acids is 2. The van der Waals surface area contributed by atoms with Crippen LogP contribution in [0.2, 0.25) is 0 Å². The molecule has 20 heavy (non-hydrogen) atoms. The Hall–Kier alpha value is -1.88. The molecule has 0 radical (unpaired) electrons. The number of esters is 2. The zero-order chi connectivity index (χ0) is 15.1. The molecule has 1 unspecified atom stereocenters. The van der Waals surface area contributed by atoms with Gasteiger partial charge in [0, 0.05) is 13.5 Å². The predicted octanol–water partition coefficient (Wildman–Crippen LogP) is 2.03. The van der Waals surface area contributed by atoms with Crippen molar-refractivity contribution in [1.82, 2.24) is 0 Å². The molecule has 0 aliphatic rings. The lowest BCUT2D eigenvalue weighted by atomic mass is 9.96. The molecule has 0 aliphatic heterocycles. The summed E-state index contributed by atoms with van der Waals surface area (Å²) in [4.78, 5) is 23.4. The van der Waals surface area contributed by atoms with Gasteiger partial charge in [-0.05, 0) is 12.5 Å². The lowest BCUT2D eigenvalue weighted by Gasteiger charge is -2.20. The van der Waals surface area contributed by atoms with Gasteiger partial charge in [0.2, 0.25) is 0 Å². The van der Waals surface area contributed by atoms with Crippen molar-refractivity contribution in [3.05, 3.63) is 35.4 Å². The van der Waals surface area contributed by atoms with Crippen LogP contribution in [0.1, 0.15) is 23.7 Å². The molecule has 0 saturated heterocycles. The number of carbonyl (C=O) groups is 2. The SMILES string of the molecule is COC(=O)C(CC(OC)c1cccc(C)c1)C(=O)OC. The van der Waals surface area contributed by atoms with Crippen LogP contribution in [0.5, 0.6) is 0 Å². The Morgan fingerprint density at radius 1 is 1.10 bits per heavy atom. The minimum absolute atomic E-state index is 0.180. The van der Waals surface area contributed by atoms with E-state index < -0.39 is 17.9 Å². The van der Waals surface area contributed by atoms with E-state index in [1.807, 2.05) is 31.2 Å². The fraction of sp³-hybridized carbons (Fsp3) is 0.467. The average Bonchev–Trinajstić information content (AvgIpc) is 2.47. The molecular formula is C15H20O5. The molecule has 1 rings (SSSR count). The molecular weight excluding hydrogens is 260 g/mol. The van der Waals surface area contributed by atoms with Crippen LogP contribution in [-0.4, -0.2) is 33.3 Å². The van der Waals surface area contributed by atoms with E-state index in [2.05, 4.69) is 9.47 Å². The van der Waals surface area contributed by atoms with Crippen LogP contribution in [0.15, 0.2) is 24.3 Å². The molecule has 1 atom stereocenters. The van der Waals surface area contributed by atoms with Crippen molar-refractivity contribution in [1.29, 1.82) is 0 Å². The van der Waals surface area contributed by atoms with Crippen LogP contribution < -0.4 is 0 Å². The molecule has 0 N–H and O–H groups in total. The molecule has 0 aromatic heterocycles. The van der Waals surface area contributed by atoms with Gasteiger partial charge in [0.1, 0.15) is 0 Å². The summed E-state index contributed by atoms with van der Waals surface area (Å²) in [6.45, 7) is 1.97. The summed E-state index contributed by atoms with van der Waals surface area (Å²) in [6, 6.07) is 7.73. The Balaban J connectivity index is 2.94. The first-order chi connectivity index (χ1) is 9.53. The van der Waals surface area contributed by atoms with Gasteiger partial charge in [-0.25, -0.2) is 0 Å². The highest BCUT2D eigenvalue weighted by Crippen LogP contribution is 2.26. The minimum Gasteiger partial charge on any atom is -0.468 e. The summed E-state index contributed by atoms with van der Waals surface area (Å²) < 4.78 is 14.7. The van der Waals surface area contributed by atoms with Gasteiger partial charge in [-0.15, -0.1) is 0 Å². The molecule has 0 aliphatic carbocycles. The number of aryl methyl sites for hydroxylation is 1. The first-order valence-corrected chi connectivity index (χ1v) is 6.28. The van der Waals surface area contributed by atoms with Crippen molar-refractivity contribution < 1.29 is 23.8 Å². The standard InChI is InChI=1S/C15H20O5/c1-10-6-5-7-11(8-10)13(18-2)9-12(14(16)19-3)15(17)20-4/h5-8,12-13H,9H2,1-4H3. The van der Waals surface area contributed by atoms with Crippen LogP contribution in [0, 0.1) is 12.8 Å². The van der Waals surface area contributed by atoms with E-state index in [4.69, 9.17) is 4.74 Å². The molecule has 0 bridgehead atoms. The van der Waals surface area contributed by atoms with Gasteiger partial charge in [-0.1, -0.05) is 29.8 Å². The van der Waals surface area contributed by atoms with Crippen molar-refractivity contribution in [2.45, 2.75) is 19.4 Å². The molecule has 110 valence electrons. The Labute approximate surface area is 118 Å². The Bertz CT molecular complexity index is 453. The van der Waals surface area contributed by atoms with Crippen LogP contribution in [-0.2, 0) is 23.8 Å². The molecule has 0 amide bonds. The second kappa shape index (κ2) is 7.65. The number of ether oxygens (including phenoxy) is 3. The maximum atomic E-state index is 11.7. The maximum Gasteiger partial charge on any atom is 0.320 e. The van der Waals surface area contributed by atoms with E-state index in [1.54, 1.807) is 7.11 Å². The van der Waals surface area contributed by atoms with Crippen molar-refractivity contribution in [2.24, 2.45) is 5.92 Å². The zero-order valence-corrected chi connectivity index (χ0v) is 12.2. The largest absolute Gasteiger partial charge is 0.468 e. The molecule has 0 fully saturated rings. The lowest BCUT2D eigenvalue weighted by Crippen LogP contribution is -2.28. The highest BCUT2D eigenvalue weighted by atomic mass is 16.5. The normalized spacial score (nSPS) is 12.1. The number of hydrogen-bond acceptors (Lipinski definition) is 5. The van der Waals surface area contributed by atoms with Gasteiger partial charge in [-0.2, -0.15) is 0 Å². The fourth-order valence-electron chi connectivity index (χ4n) is 2.03. The highest BCUT2D eigenvalue weighted by Gasteiger charge is 2.32. The second-order valence-electron chi connectivity index (χ2n) is 4.47. The topological polar surface area (TPSA) is 61.8 Å². The third-order valence-corrected chi connectivity index (χ3v) is 3.12. The first-order valence-electron chi connectivity index (χ1n) is 6.28. The van der Waals surface area contributed by atoms with Gasteiger partial charge in [-0.3, -0.25) is 9.59 Å². The van der Waals surface area contributed by atoms with E-state index in [1.165, 1.54) is 14.2 Å². The minimum atomic E-state index is -0.990. The average molecular weight is 280 g/mol. The van der Waals surface area contributed by atoms with Crippen LogP contribution in [0.4, 0.5) is 0 Å². The monoisotopic (exact) mass is 280 g/mol. The van der Waals surface area contributed by atoms with E-state index in [0.717, 1.165) is 11.1 Å². The summed E-state index contributed by atoms with van der Waals surface area (Å²) in [5.41, 5.74) is 1.99. The summed E-state index contributed by atoms with van der Waals surface area (Å²) in [5, 5.41) is 0. The molecule has 5 heteroatoms. The second-order valence-corrected chi connectivity index (χ2v) is 4.47. The smallest absolute Gasteiger partial charge is 0.320 e. The lowest BCUT2D eigenvalue weighted by molar-refractivity contribution is -0.160. The number of rotatable bonds is 6. The van der Waals surface area contributed by atoms with E-state index in [-0.39, 0.29) is 12.5 Å². The van der Waals surface area contributed by atoms with Crippen LogP contribution >= 0.6 is 0 Å². The Morgan fingerprint density at radius 3 is 2.15 bits per heavy atom. The molecule has 5 nitrogen and oxygen atoms in total. The summed E-state index contributed by atoms with van der Waals surface area (Å²) in [5.74, 6) is -2.23. The van der Waals surface area contributed by atoms with Crippen LogP contribution in [0.25, 0.3) is 0 Å². The third-order valence-electron chi connectivity index (χ3n) is 3.12. The Kier molecular flexibility index (Phi) is 6.18. The molecule has 0 saturated carbocycles. The summed E-state index contributed by atoms with van der Waals surface area (Å²) >= 11 is 0. The number of methoxy groups -OCH3 is 3. The Morgan fingerprint density at radius 2 is 1.70 bits per heavy atom. The molecule has 1 aromatic carbocycles. The zero-order valence-electron chi connectivity index (χ0n) is 12.2. The molecule has 0 spiro atoms. The van der Waals surface area contributed by atoms with Crippen molar-refractivity contribution in [3.63, 3.8) is 0 Å². The number of benzene rings is 1. The van der Waals surface area contributed by atoms with Gasteiger partial charge < -0.3 is 14.2 Å². The summed E-state index contributed by atoms with van der Waals surface area (Å²) in [6.07, 6.45) is -0.197. The third kappa shape index (κ3) is 4.06. The van der Waals surface area contributed by atoms with Crippen LogP contribution in [0.3, 0.4) is 0 Å². The fourth-order valence-corrected chi connectivity index (χ4v) is 2.03. The van der Waals surface area contributed by atoms with Gasteiger partial charge in [0.25, 0.3) is 0 Å². The number of hydrogen-bond donors (Lipinski definition) is 0. The van der Waals surface area contributed by atoms with Gasteiger partial charge in [0.05, 0.1) is 20.3 Å².